The van der Waals surface area contributed by atoms with Gasteiger partial charge < -0.3 is 14.7 Å². The molecule has 24 heavy (non-hydrogen) atoms. The monoisotopic (exact) mass is 325 g/mol. The molecule has 1 aliphatic heterocycles. The van der Waals surface area contributed by atoms with Crippen molar-refractivity contribution >= 4 is 5.91 Å². The van der Waals surface area contributed by atoms with E-state index in [2.05, 4.69) is 24.3 Å². The predicted molar refractivity (Wildman–Crippen MR) is 92.7 cm³/mol. The molecule has 1 amide bonds. The summed E-state index contributed by atoms with van der Waals surface area (Å²) in [5.74, 6) is 0.0807. The highest BCUT2D eigenvalue weighted by Gasteiger charge is 2.29. The minimum absolute atomic E-state index is 0.0158. The fourth-order valence-corrected chi connectivity index (χ4v) is 3.23. The van der Waals surface area contributed by atoms with Crippen molar-refractivity contribution in [1.29, 1.82) is 0 Å². The molecule has 0 radical (unpaired) electrons. The van der Waals surface area contributed by atoms with Crippen LogP contribution in [0.2, 0.25) is 0 Å². The molecule has 1 fully saturated rings. The summed E-state index contributed by atoms with van der Waals surface area (Å²) in [6, 6.07) is 20.0. The largest absolute Gasteiger partial charge is 0.394 e. The highest BCUT2D eigenvalue weighted by atomic mass is 16.5. The van der Waals surface area contributed by atoms with Gasteiger partial charge in [0.25, 0.3) is 0 Å². The number of aliphatic hydroxyl groups excluding tert-OH is 1. The molecule has 0 bridgehead atoms. The Kier molecular flexibility index (Phi) is 5.62. The van der Waals surface area contributed by atoms with Crippen molar-refractivity contribution in [2.24, 2.45) is 0 Å². The molecule has 0 unspecified atom stereocenters. The van der Waals surface area contributed by atoms with Crippen LogP contribution in [0.1, 0.15) is 23.5 Å². The van der Waals surface area contributed by atoms with Crippen LogP contribution in [0.25, 0.3) is 0 Å². The predicted octanol–water partition coefficient (Wildman–Crippen LogP) is 2.43. The fourth-order valence-electron chi connectivity index (χ4n) is 3.23. The van der Waals surface area contributed by atoms with Gasteiger partial charge in [0.1, 0.15) is 0 Å². The van der Waals surface area contributed by atoms with Crippen molar-refractivity contribution in [1.82, 2.24) is 4.90 Å². The third kappa shape index (κ3) is 3.83. The molecule has 0 spiro atoms. The van der Waals surface area contributed by atoms with Gasteiger partial charge in [0.05, 0.1) is 25.9 Å². The molecule has 4 heteroatoms. The average Bonchev–Trinajstić information content (AvgIpc) is 2.67. The number of rotatable bonds is 5. The lowest BCUT2D eigenvalue weighted by Crippen LogP contribution is -2.50. The smallest absolute Gasteiger partial charge is 0.224 e. The van der Waals surface area contributed by atoms with Crippen molar-refractivity contribution in [3.63, 3.8) is 0 Å². The third-order valence-electron chi connectivity index (χ3n) is 4.54. The van der Waals surface area contributed by atoms with Gasteiger partial charge in [-0.05, 0) is 11.1 Å². The van der Waals surface area contributed by atoms with E-state index in [9.17, 15) is 9.90 Å². The lowest BCUT2D eigenvalue weighted by Gasteiger charge is -2.35. The second kappa shape index (κ2) is 8.08. The van der Waals surface area contributed by atoms with Gasteiger partial charge in [-0.15, -0.1) is 0 Å². The summed E-state index contributed by atoms with van der Waals surface area (Å²) in [6.45, 7) is 1.42. The molecular weight excluding hydrogens is 302 g/mol. The molecule has 3 rings (SSSR count). The van der Waals surface area contributed by atoms with E-state index in [1.54, 1.807) is 4.90 Å². The Morgan fingerprint density at radius 3 is 2.21 bits per heavy atom. The summed E-state index contributed by atoms with van der Waals surface area (Å²) in [5, 5.41) is 9.50. The summed E-state index contributed by atoms with van der Waals surface area (Å²) >= 11 is 0. The standard InChI is InChI=1S/C20H23NO3/c22-14-18-15-24-12-11-21(18)20(23)13-19(16-7-3-1-4-8-16)17-9-5-2-6-10-17/h1-10,18-19,22H,11-15H2/t18-/m0/s1. The molecule has 0 aromatic heterocycles. The van der Waals surface area contributed by atoms with Gasteiger partial charge in [-0.3, -0.25) is 4.79 Å². The first-order valence-electron chi connectivity index (χ1n) is 8.37. The minimum Gasteiger partial charge on any atom is -0.394 e. The molecular formula is C20H23NO3. The van der Waals surface area contributed by atoms with Crippen LogP contribution in [0.4, 0.5) is 0 Å². The number of hydrogen-bond acceptors (Lipinski definition) is 3. The van der Waals surface area contributed by atoms with Crippen LogP contribution in [0, 0.1) is 0 Å². The molecule has 1 saturated heterocycles. The van der Waals surface area contributed by atoms with Crippen molar-refractivity contribution < 1.29 is 14.6 Å². The Labute approximate surface area is 142 Å². The van der Waals surface area contributed by atoms with Gasteiger partial charge in [0.15, 0.2) is 0 Å². The average molecular weight is 325 g/mol. The molecule has 1 atom stereocenters. The van der Waals surface area contributed by atoms with Gasteiger partial charge >= 0.3 is 0 Å². The summed E-state index contributed by atoms with van der Waals surface area (Å²) in [7, 11) is 0. The van der Waals surface area contributed by atoms with Gasteiger partial charge in [-0.25, -0.2) is 0 Å². The lowest BCUT2D eigenvalue weighted by molar-refractivity contribution is -0.141. The second-order valence-corrected chi connectivity index (χ2v) is 6.08. The molecule has 4 nitrogen and oxygen atoms in total. The van der Waals surface area contributed by atoms with Crippen LogP contribution < -0.4 is 0 Å². The van der Waals surface area contributed by atoms with Crippen LogP contribution >= 0.6 is 0 Å². The van der Waals surface area contributed by atoms with E-state index < -0.39 is 0 Å². The molecule has 0 saturated carbocycles. The van der Waals surface area contributed by atoms with Crippen LogP contribution in [-0.4, -0.2) is 48.3 Å². The van der Waals surface area contributed by atoms with Crippen molar-refractivity contribution in [3.8, 4) is 0 Å². The Morgan fingerprint density at radius 1 is 1.08 bits per heavy atom. The van der Waals surface area contributed by atoms with Crippen LogP contribution in [0.15, 0.2) is 60.7 Å². The van der Waals surface area contributed by atoms with E-state index in [1.807, 2.05) is 36.4 Å². The van der Waals surface area contributed by atoms with Gasteiger partial charge in [-0.1, -0.05) is 60.7 Å². The zero-order valence-electron chi connectivity index (χ0n) is 13.7. The van der Waals surface area contributed by atoms with E-state index in [0.29, 0.717) is 26.2 Å². The summed E-state index contributed by atoms with van der Waals surface area (Å²) in [6.07, 6.45) is 0.393. The van der Waals surface area contributed by atoms with Crippen LogP contribution in [0.5, 0.6) is 0 Å². The normalized spacial score (nSPS) is 17.9. The summed E-state index contributed by atoms with van der Waals surface area (Å²) < 4.78 is 5.37. The minimum atomic E-state index is -0.238. The SMILES string of the molecule is O=C(CC(c1ccccc1)c1ccccc1)N1CCOC[C@@H]1CO. The van der Waals surface area contributed by atoms with Crippen molar-refractivity contribution in [2.45, 2.75) is 18.4 Å². The van der Waals surface area contributed by atoms with E-state index in [-0.39, 0.29) is 24.5 Å². The topological polar surface area (TPSA) is 49.8 Å². The van der Waals surface area contributed by atoms with E-state index in [0.717, 1.165) is 11.1 Å². The Hall–Kier alpha value is -2.17. The summed E-state index contributed by atoms with van der Waals surface area (Å²) in [5.41, 5.74) is 2.26. The molecule has 0 aliphatic carbocycles. The Bertz CT molecular complexity index is 605. The number of carbonyl (C=O) groups excluding carboxylic acids is 1. The molecule has 2 aromatic rings. The zero-order valence-corrected chi connectivity index (χ0v) is 13.7. The number of amides is 1. The highest BCUT2D eigenvalue weighted by Crippen LogP contribution is 2.29. The quantitative estimate of drug-likeness (QED) is 0.918. The molecule has 1 N–H and O–H groups in total. The van der Waals surface area contributed by atoms with Crippen molar-refractivity contribution in [2.75, 3.05) is 26.4 Å². The number of ether oxygens (including phenoxy) is 1. The van der Waals surface area contributed by atoms with Gasteiger partial charge in [-0.2, -0.15) is 0 Å². The maximum atomic E-state index is 12.9. The lowest BCUT2D eigenvalue weighted by atomic mass is 9.88. The maximum Gasteiger partial charge on any atom is 0.224 e. The molecule has 1 heterocycles. The first kappa shape index (κ1) is 16.7. The summed E-state index contributed by atoms with van der Waals surface area (Å²) in [4.78, 5) is 14.6. The first-order chi connectivity index (χ1) is 11.8. The number of carbonyl (C=O) groups is 1. The molecule has 2 aromatic carbocycles. The highest BCUT2D eigenvalue weighted by molar-refractivity contribution is 5.78. The number of hydrogen-bond donors (Lipinski definition) is 1. The Morgan fingerprint density at radius 2 is 1.67 bits per heavy atom. The fraction of sp³-hybridized carbons (Fsp3) is 0.350. The first-order valence-corrected chi connectivity index (χ1v) is 8.37. The number of nitrogens with zero attached hydrogens (tertiary/aromatic N) is 1. The second-order valence-electron chi connectivity index (χ2n) is 6.08. The third-order valence-corrected chi connectivity index (χ3v) is 4.54. The van der Waals surface area contributed by atoms with E-state index >= 15 is 0 Å². The molecule has 126 valence electrons. The van der Waals surface area contributed by atoms with E-state index in [1.165, 1.54) is 0 Å². The zero-order chi connectivity index (χ0) is 16.8. The Balaban J connectivity index is 1.83. The maximum absolute atomic E-state index is 12.9. The van der Waals surface area contributed by atoms with Crippen molar-refractivity contribution in [3.05, 3.63) is 71.8 Å². The number of aliphatic hydroxyl groups is 1. The van der Waals surface area contributed by atoms with Crippen LogP contribution in [-0.2, 0) is 9.53 Å². The number of morpholine rings is 1. The number of benzene rings is 2. The van der Waals surface area contributed by atoms with Gasteiger partial charge in [0.2, 0.25) is 5.91 Å². The van der Waals surface area contributed by atoms with Crippen LogP contribution in [0.3, 0.4) is 0 Å². The van der Waals surface area contributed by atoms with Gasteiger partial charge in [0, 0.05) is 18.9 Å². The van der Waals surface area contributed by atoms with E-state index in [4.69, 9.17) is 4.74 Å². The molecule has 1 aliphatic rings.